The number of hydrogen-bond donors (Lipinski definition) is 3. The zero-order valence-corrected chi connectivity index (χ0v) is 16.8. The maximum Gasteiger partial charge on any atom is 0.254 e. The number of benzene rings is 2. The van der Waals surface area contributed by atoms with E-state index < -0.39 is 11.3 Å². The van der Waals surface area contributed by atoms with Gasteiger partial charge in [-0.15, -0.1) is 0 Å². The number of primary amides is 1. The molecule has 0 radical (unpaired) electrons. The molecule has 5 rings (SSSR count). The highest BCUT2D eigenvalue weighted by Crippen LogP contribution is 2.27. The summed E-state index contributed by atoms with van der Waals surface area (Å²) in [5.74, 6) is -0.190. The largest absolute Gasteiger partial charge is 0.399 e. The van der Waals surface area contributed by atoms with E-state index in [1.54, 1.807) is 18.2 Å². The van der Waals surface area contributed by atoms with Crippen LogP contribution in [-0.4, -0.2) is 15.5 Å². The fraction of sp³-hybridized carbons (Fsp3) is 0.125. The molecule has 7 heteroatoms. The van der Waals surface area contributed by atoms with E-state index in [2.05, 4.69) is 22.4 Å². The van der Waals surface area contributed by atoms with Gasteiger partial charge in [-0.1, -0.05) is 6.07 Å². The van der Waals surface area contributed by atoms with E-state index in [0.29, 0.717) is 22.4 Å². The van der Waals surface area contributed by atoms with E-state index in [9.17, 15) is 9.59 Å². The van der Waals surface area contributed by atoms with E-state index in [4.69, 9.17) is 11.5 Å². The fourth-order valence-corrected chi connectivity index (χ4v) is 4.10. The number of anilines is 3. The van der Waals surface area contributed by atoms with Gasteiger partial charge in [-0.3, -0.25) is 9.59 Å². The van der Waals surface area contributed by atoms with E-state index >= 15 is 0 Å². The Hall–Kier alpha value is -4.13. The molecule has 0 unspecified atom stereocenters. The van der Waals surface area contributed by atoms with Crippen LogP contribution >= 0.6 is 0 Å². The summed E-state index contributed by atoms with van der Waals surface area (Å²) in [6, 6.07) is 15.3. The lowest BCUT2D eigenvalue weighted by atomic mass is 10.1. The monoisotopic (exact) mass is 411 g/mol. The Bertz CT molecular complexity index is 1390. The number of nitrogens with two attached hydrogens (primary N) is 2. The van der Waals surface area contributed by atoms with Crippen LogP contribution in [0.15, 0.2) is 65.7 Å². The van der Waals surface area contributed by atoms with Crippen molar-refractivity contribution in [2.24, 2.45) is 5.73 Å². The molecule has 2 heterocycles. The Kier molecular flexibility index (Phi) is 4.43. The predicted octanol–water partition coefficient (Wildman–Crippen LogP) is 3.30. The smallest absolute Gasteiger partial charge is 0.254 e. The van der Waals surface area contributed by atoms with Crippen molar-refractivity contribution in [3.8, 4) is 5.69 Å². The fourth-order valence-electron chi connectivity index (χ4n) is 4.10. The molecule has 7 nitrogen and oxygen atoms in total. The minimum absolute atomic E-state index is 0.0611. The van der Waals surface area contributed by atoms with Crippen molar-refractivity contribution in [1.82, 2.24) is 9.55 Å². The minimum Gasteiger partial charge on any atom is -0.399 e. The second-order valence-electron chi connectivity index (χ2n) is 7.75. The van der Waals surface area contributed by atoms with E-state index in [1.165, 1.54) is 23.5 Å². The first-order valence-corrected chi connectivity index (χ1v) is 10.1. The molecular weight excluding hydrogens is 390 g/mol. The molecule has 2 aromatic heterocycles. The number of nitrogens with one attached hydrogen (secondary N) is 1. The number of hydrogen-bond acceptors (Lipinski definition) is 5. The van der Waals surface area contributed by atoms with Crippen molar-refractivity contribution < 1.29 is 4.79 Å². The van der Waals surface area contributed by atoms with Gasteiger partial charge in [0.25, 0.3) is 5.91 Å². The number of carbonyl (C=O) groups is 1. The first-order valence-electron chi connectivity index (χ1n) is 10.1. The number of carbonyl (C=O) groups excluding carboxylic acids is 1. The van der Waals surface area contributed by atoms with E-state index in [0.717, 1.165) is 30.6 Å². The van der Waals surface area contributed by atoms with Crippen molar-refractivity contribution in [3.05, 3.63) is 87.8 Å². The molecule has 0 aliphatic heterocycles. The summed E-state index contributed by atoms with van der Waals surface area (Å²) in [6.45, 7) is 0. The average Bonchev–Trinajstić information content (AvgIpc) is 3.23. The number of aromatic nitrogens is 2. The Morgan fingerprint density at radius 3 is 2.58 bits per heavy atom. The highest BCUT2D eigenvalue weighted by atomic mass is 16.2. The van der Waals surface area contributed by atoms with Crippen molar-refractivity contribution in [2.75, 3.05) is 11.1 Å². The lowest BCUT2D eigenvalue weighted by Crippen LogP contribution is -2.24. The zero-order valence-electron chi connectivity index (χ0n) is 16.8. The topological polar surface area (TPSA) is 116 Å². The summed E-state index contributed by atoms with van der Waals surface area (Å²) in [5, 5.41) is 3.56. The van der Waals surface area contributed by atoms with Crippen molar-refractivity contribution in [3.63, 3.8) is 0 Å². The molecule has 2 aromatic carbocycles. The van der Waals surface area contributed by atoms with Crippen molar-refractivity contribution in [1.29, 1.82) is 0 Å². The van der Waals surface area contributed by atoms with Gasteiger partial charge in [-0.2, -0.15) is 0 Å². The summed E-state index contributed by atoms with van der Waals surface area (Å²) in [6.07, 6.45) is 6.24. The second-order valence-corrected chi connectivity index (χ2v) is 7.75. The lowest BCUT2D eigenvalue weighted by Gasteiger charge is -2.15. The van der Waals surface area contributed by atoms with Crippen molar-refractivity contribution in [2.45, 2.75) is 19.3 Å². The molecule has 154 valence electrons. The molecule has 0 bridgehead atoms. The minimum atomic E-state index is -0.758. The van der Waals surface area contributed by atoms with Gasteiger partial charge < -0.3 is 21.4 Å². The van der Waals surface area contributed by atoms with Gasteiger partial charge in [0.15, 0.2) is 0 Å². The first kappa shape index (κ1) is 18.9. The quantitative estimate of drug-likeness (QED) is 0.446. The van der Waals surface area contributed by atoms with Crippen LogP contribution in [0.4, 0.5) is 17.2 Å². The molecular formula is C24H21N5O2. The lowest BCUT2D eigenvalue weighted by molar-refractivity contribution is 0.0999. The standard InChI is InChI=1S/C24H21N5O2/c25-16-5-7-17(8-6-16)28-22-11-21-19(12-27-22)23(30)20(24(26)31)13-29(21)18-9-4-14-2-1-3-15(14)10-18/h4-13H,1-3,25H2,(H2,26,31)(H,27,28). The third-order valence-electron chi connectivity index (χ3n) is 5.70. The van der Waals surface area contributed by atoms with Crippen molar-refractivity contribution >= 4 is 34.0 Å². The maximum atomic E-state index is 12.9. The van der Waals surface area contributed by atoms with Crippen LogP contribution in [0.3, 0.4) is 0 Å². The van der Waals surface area contributed by atoms with Gasteiger partial charge in [0.1, 0.15) is 11.4 Å². The average molecular weight is 411 g/mol. The van der Waals surface area contributed by atoms with Gasteiger partial charge >= 0.3 is 0 Å². The first-order chi connectivity index (χ1) is 15.0. The Balaban J connectivity index is 1.69. The predicted molar refractivity (Wildman–Crippen MR) is 122 cm³/mol. The van der Waals surface area contributed by atoms with Gasteiger partial charge in [0.05, 0.1) is 10.9 Å². The number of nitrogens with zero attached hydrogens (tertiary/aromatic N) is 2. The summed E-state index contributed by atoms with van der Waals surface area (Å²) in [4.78, 5) is 29.2. The van der Waals surface area contributed by atoms with Gasteiger partial charge in [-0.25, -0.2) is 4.98 Å². The number of nitrogen functional groups attached to an aromatic ring is 1. The molecule has 5 N–H and O–H groups in total. The number of pyridine rings is 2. The summed E-state index contributed by atoms with van der Waals surface area (Å²) in [5.41, 5.74) is 16.4. The molecule has 0 saturated heterocycles. The van der Waals surface area contributed by atoms with Crippen LogP contribution in [0, 0.1) is 0 Å². The molecule has 0 saturated carbocycles. The van der Waals surface area contributed by atoms with Gasteiger partial charge in [0.2, 0.25) is 5.43 Å². The third-order valence-corrected chi connectivity index (χ3v) is 5.70. The number of amides is 1. The Morgan fingerprint density at radius 2 is 1.81 bits per heavy atom. The highest BCUT2D eigenvalue weighted by molar-refractivity contribution is 5.97. The van der Waals surface area contributed by atoms with Crippen LogP contribution in [0.5, 0.6) is 0 Å². The molecule has 31 heavy (non-hydrogen) atoms. The molecule has 1 amide bonds. The van der Waals surface area contributed by atoms with E-state index in [-0.39, 0.29) is 5.56 Å². The van der Waals surface area contributed by atoms with Crippen LogP contribution in [0.2, 0.25) is 0 Å². The van der Waals surface area contributed by atoms with Crippen LogP contribution in [-0.2, 0) is 12.8 Å². The molecule has 0 spiro atoms. The third kappa shape index (κ3) is 3.40. The van der Waals surface area contributed by atoms with Gasteiger partial charge in [0, 0.05) is 35.5 Å². The van der Waals surface area contributed by atoms with Crippen LogP contribution < -0.4 is 22.2 Å². The molecule has 0 fully saturated rings. The SMILES string of the molecule is NC(=O)c1cn(-c2ccc3c(c2)CCC3)c2cc(Nc3ccc(N)cc3)ncc2c1=O. The summed E-state index contributed by atoms with van der Waals surface area (Å²) >= 11 is 0. The number of aryl methyl sites for hydroxylation is 2. The second kappa shape index (κ2) is 7.28. The van der Waals surface area contributed by atoms with Gasteiger partial charge in [-0.05, 0) is 66.8 Å². The zero-order chi connectivity index (χ0) is 21.5. The Labute approximate surface area is 178 Å². The van der Waals surface area contributed by atoms with Crippen LogP contribution in [0.1, 0.15) is 27.9 Å². The summed E-state index contributed by atoms with van der Waals surface area (Å²) < 4.78 is 1.84. The molecule has 1 aliphatic carbocycles. The highest BCUT2D eigenvalue weighted by Gasteiger charge is 2.17. The number of fused-ring (bicyclic) bond motifs is 2. The molecule has 1 aliphatic rings. The molecule has 0 atom stereocenters. The summed E-state index contributed by atoms with van der Waals surface area (Å²) in [7, 11) is 0. The Morgan fingerprint density at radius 1 is 1.03 bits per heavy atom. The normalized spacial score (nSPS) is 12.6. The number of rotatable bonds is 4. The van der Waals surface area contributed by atoms with Crippen LogP contribution in [0.25, 0.3) is 16.6 Å². The maximum absolute atomic E-state index is 12.9. The van der Waals surface area contributed by atoms with E-state index in [1.807, 2.05) is 22.8 Å². The molecule has 4 aromatic rings.